The SMILES string of the molecule is C=CCN1CCC[C@H]1C(=O)N(C)CCCc1c(C)n[nH]c1C. The molecule has 5 nitrogen and oxygen atoms in total. The number of amides is 1. The third-order valence-electron chi connectivity index (χ3n) is 4.59. The maximum Gasteiger partial charge on any atom is 0.239 e. The standard InChI is InChI=1S/C17H28N4O/c1-5-10-21-12-7-9-16(21)17(22)20(4)11-6-8-15-13(2)18-19-14(15)3/h5,16H,1,6-12H2,2-4H3,(H,18,19)/t16-/m0/s1. The number of carbonyl (C=O) groups is 1. The van der Waals surface area contributed by atoms with Crippen molar-refractivity contribution in [3.63, 3.8) is 0 Å². The van der Waals surface area contributed by atoms with Crippen LogP contribution in [0.4, 0.5) is 0 Å². The molecule has 1 saturated heterocycles. The highest BCUT2D eigenvalue weighted by molar-refractivity contribution is 5.82. The van der Waals surface area contributed by atoms with E-state index < -0.39 is 0 Å². The molecule has 1 aromatic rings. The summed E-state index contributed by atoms with van der Waals surface area (Å²) in [5, 5.41) is 7.24. The fourth-order valence-electron chi connectivity index (χ4n) is 3.29. The number of nitrogens with one attached hydrogen (secondary N) is 1. The number of aromatic nitrogens is 2. The minimum Gasteiger partial charge on any atom is -0.344 e. The van der Waals surface area contributed by atoms with Gasteiger partial charge in [0.25, 0.3) is 0 Å². The molecule has 1 fully saturated rings. The number of likely N-dealkylation sites (N-methyl/N-ethyl adjacent to an activating group) is 1. The van der Waals surface area contributed by atoms with Gasteiger partial charge in [-0.15, -0.1) is 6.58 Å². The Labute approximate surface area is 133 Å². The molecule has 1 N–H and O–H groups in total. The van der Waals surface area contributed by atoms with Crippen molar-refractivity contribution < 1.29 is 4.79 Å². The van der Waals surface area contributed by atoms with Crippen molar-refractivity contribution in [3.05, 3.63) is 29.6 Å². The molecule has 1 aliphatic rings. The zero-order valence-electron chi connectivity index (χ0n) is 14.1. The molecular formula is C17H28N4O. The molecule has 1 atom stereocenters. The fourth-order valence-corrected chi connectivity index (χ4v) is 3.29. The number of aryl methyl sites for hydroxylation is 2. The van der Waals surface area contributed by atoms with Gasteiger partial charge in [-0.1, -0.05) is 6.08 Å². The van der Waals surface area contributed by atoms with Gasteiger partial charge in [-0.05, 0) is 51.6 Å². The molecule has 0 aromatic carbocycles. The van der Waals surface area contributed by atoms with Crippen molar-refractivity contribution in [1.82, 2.24) is 20.0 Å². The molecule has 0 saturated carbocycles. The number of nitrogens with zero attached hydrogens (tertiary/aromatic N) is 3. The lowest BCUT2D eigenvalue weighted by atomic mass is 10.1. The van der Waals surface area contributed by atoms with E-state index in [0.717, 1.165) is 56.7 Å². The smallest absolute Gasteiger partial charge is 0.239 e. The lowest BCUT2D eigenvalue weighted by Gasteiger charge is -2.27. The van der Waals surface area contributed by atoms with Crippen LogP contribution in [0.3, 0.4) is 0 Å². The number of hydrogen-bond acceptors (Lipinski definition) is 3. The Morgan fingerprint density at radius 1 is 1.55 bits per heavy atom. The van der Waals surface area contributed by atoms with Gasteiger partial charge < -0.3 is 4.90 Å². The van der Waals surface area contributed by atoms with Crippen LogP contribution in [0.2, 0.25) is 0 Å². The molecule has 1 amide bonds. The van der Waals surface area contributed by atoms with Gasteiger partial charge in [0.2, 0.25) is 5.91 Å². The van der Waals surface area contributed by atoms with Crippen LogP contribution in [0.1, 0.15) is 36.2 Å². The maximum atomic E-state index is 12.6. The van der Waals surface area contributed by atoms with E-state index in [1.54, 1.807) is 0 Å². The Hall–Kier alpha value is -1.62. The van der Waals surface area contributed by atoms with Gasteiger partial charge in [0, 0.05) is 25.8 Å². The molecule has 122 valence electrons. The van der Waals surface area contributed by atoms with E-state index in [-0.39, 0.29) is 11.9 Å². The summed E-state index contributed by atoms with van der Waals surface area (Å²) in [7, 11) is 1.92. The van der Waals surface area contributed by atoms with E-state index in [4.69, 9.17) is 0 Å². The predicted octanol–water partition coefficient (Wildman–Crippen LogP) is 2.07. The highest BCUT2D eigenvalue weighted by atomic mass is 16.2. The third kappa shape index (κ3) is 3.77. The summed E-state index contributed by atoms with van der Waals surface area (Å²) in [4.78, 5) is 16.7. The van der Waals surface area contributed by atoms with Crippen LogP contribution in [0.15, 0.2) is 12.7 Å². The highest BCUT2D eigenvalue weighted by Gasteiger charge is 2.31. The van der Waals surface area contributed by atoms with Crippen LogP contribution < -0.4 is 0 Å². The Kier molecular flexibility index (Phi) is 5.77. The lowest BCUT2D eigenvalue weighted by Crippen LogP contribution is -2.44. The summed E-state index contributed by atoms with van der Waals surface area (Å²) in [6, 6.07) is 0.0420. The van der Waals surface area contributed by atoms with Gasteiger partial charge in [0.15, 0.2) is 0 Å². The van der Waals surface area contributed by atoms with Crippen LogP contribution in [0.25, 0.3) is 0 Å². The Morgan fingerprint density at radius 2 is 2.32 bits per heavy atom. The third-order valence-corrected chi connectivity index (χ3v) is 4.59. The first-order chi connectivity index (χ1) is 10.5. The van der Waals surface area contributed by atoms with E-state index >= 15 is 0 Å². The normalized spacial score (nSPS) is 18.6. The maximum absolute atomic E-state index is 12.6. The molecule has 1 aliphatic heterocycles. The molecular weight excluding hydrogens is 276 g/mol. The van der Waals surface area contributed by atoms with Gasteiger partial charge in [-0.3, -0.25) is 14.8 Å². The summed E-state index contributed by atoms with van der Waals surface area (Å²) in [6.07, 6.45) is 5.89. The van der Waals surface area contributed by atoms with Gasteiger partial charge in [-0.25, -0.2) is 0 Å². The number of likely N-dealkylation sites (tertiary alicyclic amines) is 1. The van der Waals surface area contributed by atoms with Crippen LogP contribution in [-0.2, 0) is 11.2 Å². The van der Waals surface area contributed by atoms with E-state index in [1.165, 1.54) is 5.56 Å². The molecule has 0 aliphatic carbocycles. The second-order valence-electron chi connectivity index (χ2n) is 6.22. The number of rotatable bonds is 7. The summed E-state index contributed by atoms with van der Waals surface area (Å²) in [5.74, 6) is 0.250. The van der Waals surface area contributed by atoms with Crippen LogP contribution >= 0.6 is 0 Å². The minimum absolute atomic E-state index is 0.0420. The van der Waals surface area contributed by atoms with Gasteiger partial charge >= 0.3 is 0 Å². The first-order valence-corrected chi connectivity index (χ1v) is 8.15. The molecule has 0 radical (unpaired) electrons. The first-order valence-electron chi connectivity index (χ1n) is 8.15. The molecule has 1 aromatic heterocycles. The number of H-pyrrole nitrogens is 1. The minimum atomic E-state index is 0.0420. The van der Waals surface area contributed by atoms with Crippen molar-refractivity contribution in [3.8, 4) is 0 Å². The van der Waals surface area contributed by atoms with Crippen molar-refractivity contribution in [1.29, 1.82) is 0 Å². The lowest BCUT2D eigenvalue weighted by molar-refractivity contribution is -0.134. The second kappa shape index (κ2) is 7.58. The van der Waals surface area contributed by atoms with E-state index in [1.807, 2.05) is 24.9 Å². The Balaban J connectivity index is 1.82. The summed E-state index contributed by atoms with van der Waals surface area (Å²) in [5.41, 5.74) is 3.49. The summed E-state index contributed by atoms with van der Waals surface area (Å²) in [6.45, 7) is 10.5. The Bertz CT molecular complexity index is 503. The fraction of sp³-hybridized carbons (Fsp3) is 0.647. The molecule has 5 heteroatoms. The summed E-state index contributed by atoms with van der Waals surface area (Å²) < 4.78 is 0. The van der Waals surface area contributed by atoms with E-state index in [9.17, 15) is 4.79 Å². The molecule has 2 heterocycles. The highest BCUT2D eigenvalue weighted by Crippen LogP contribution is 2.19. The van der Waals surface area contributed by atoms with Crippen molar-refractivity contribution in [2.45, 2.75) is 45.6 Å². The average molecular weight is 304 g/mol. The Morgan fingerprint density at radius 3 is 2.95 bits per heavy atom. The number of carbonyl (C=O) groups excluding carboxylic acids is 1. The molecule has 0 unspecified atom stereocenters. The van der Waals surface area contributed by atoms with Crippen LogP contribution in [0.5, 0.6) is 0 Å². The molecule has 2 rings (SSSR count). The van der Waals surface area contributed by atoms with Crippen molar-refractivity contribution >= 4 is 5.91 Å². The number of hydrogen-bond donors (Lipinski definition) is 1. The van der Waals surface area contributed by atoms with Crippen molar-refractivity contribution in [2.75, 3.05) is 26.7 Å². The van der Waals surface area contributed by atoms with E-state index in [2.05, 4.69) is 28.6 Å². The number of aromatic amines is 1. The quantitative estimate of drug-likeness (QED) is 0.785. The van der Waals surface area contributed by atoms with Crippen LogP contribution in [0, 0.1) is 13.8 Å². The monoisotopic (exact) mass is 304 g/mol. The zero-order valence-corrected chi connectivity index (χ0v) is 14.1. The molecule has 22 heavy (non-hydrogen) atoms. The topological polar surface area (TPSA) is 52.2 Å². The first kappa shape index (κ1) is 16.7. The zero-order chi connectivity index (χ0) is 16.1. The predicted molar refractivity (Wildman–Crippen MR) is 88.8 cm³/mol. The molecule has 0 bridgehead atoms. The summed E-state index contributed by atoms with van der Waals surface area (Å²) >= 11 is 0. The average Bonchev–Trinajstić information content (AvgIpc) is 3.08. The van der Waals surface area contributed by atoms with Crippen molar-refractivity contribution in [2.24, 2.45) is 0 Å². The molecule has 0 spiro atoms. The van der Waals surface area contributed by atoms with Gasteiger partial charge in [0.05, 0.1) is 11.7 Å². The largest absolute Gasteiger partial charge is 0.344 e. The van der Waals surface area contributed by atoms with Gasteiger partial charge in [-0.2, -0.15) is 5.10 Å². The van der Waals surface area contributed by atoms with E-state index in [0.29, 0.717) is 0 Å². The van der Waals surface area contributed by atoms with Crippen LogP contribution in [-0.4, -0.2) is 58.6 Å². The second-order valence-corrected chi connectivity index (χ2v) is 6.22. The van der Waals surface area contributed by atoms with Gasteiger partial charge in [0.1, 0.15) is 0 Å².